The molecular weight excluding hydrogens is 268 g/mol. The minimum absolute atomic E-state index is 0.644. The lowest BCUT2D eigenvalue weighted by Crippen LogP contribution is -1.91. The molecule has 2 aromatic heterocycles. The first-order chi connectivity index (χ1) is 9.69. The van der Waals surface area contributed by atoms with Crippen molar-refractivity contribution < 1.29 is 4.74 Å². The highest BCUT2D eigenvalue weighted by Crippen LogP contribution is 2.35. The summed E-state index contributed by atoms with van der Waals surface area (Å²) in [5.74, 6) is 1.47. The third kappa shape index (κ3) is 2.27. The minimum atomic E-state index is 0.644. The Kier molecular flexibility index (Phi) is 3.40. The van der Waals surface area contributed by atoms with Crippen molar-refractivity contribution >= 4 is 21.6 Å². The number of hydrogen-bond donors (Lipinski definition) is 0. The summed E-state index contributed by atoms with van der Waals surface area (Å²) in [4.78, 5) is 10.9. The molecule has 0 saturated heterocycles. The summed E-state index contributed by atoms with van der Waals surface area (Å²) in [6, 6.07) is 8.13. The first-order valence-corrected chi connectivity index (χ1v) is 7.48. The Morgan fingerprint density at radius 3 is 2.85 bits per heavy atom. The molecule has 4 heteroatoms. The molecule has 0 atom stereocenters. The van der Waals surface area contributed by atoms with Crippen molar-refractivity contribution in [2.24, 2.45) is 0 Å². The highest BCUT2D eigenvalue weighted by molar-refractivity contribution is 7.18. The SMILES string of the molecule is CCc1cccc(Oc2ncnc3sc(C)c(C)c23)c1. The van der Waals surface area contributed by atoms with Crippen LogP contribution in [0, 0.1) is 13.8 Å². The number of benzene rings is 1. The Balaban J connectivity index is 2.06. The Morgan fingerprint density at radius 1 is 1.20 bits per heavy atom. The van der Waals surface area contributed by atoms with Crippen LogP contribution in [-0.4, -0.2) is 9.97 Å². The van der Waals surface area contributed by atoms with Crippen LogP contribution in [-0.2, 0) is 6.42 Å². The molecule has 3 nitrogen and oxygen atoms in total. The maximum Gasteiger partial charge on any atom is 0.231 e. The van der Waals surface area contributed by atoms with E-state index >= 15 is 0 Å². The molecule has 0 radical (unpaired) electrons. The van der Waals surface area contributed by atoms with Gasteiger partial charge < -0.3 is 4.74 Å². The molecule has 0 N–H and O–H groups in total. The molecule has 2 heterocycles. The summed E-state index contributed by atoms with van der Waals surface area (Å²) in [5, 5.41) is 1.02. The van der Waals surface area contributed by atoms with Gasteiger partial charge in [0.25, 0.3) is 0 Å². The van der Waals surface area contributed by atoms with Crippen molar-refractivity contribution in [1.29, 1.82) is 0 Å². The van der Waals surface area contributed by atoms with Crippen molar-refractivity contribution in [1.82, 2.24) is 9.97 Å². The van der Waals surface area contributed by atoms with Crippen LogP contribution in [0.4, 0.5) is 0 Å². The second-order valence-corrected chi connectivity index (χ2v) is 5.95. The molecule has 0 unspecified atom stereocenters. The molecule has 1 aromatic carbocycles. The van der Waals surface area contributed by atoms with Gasteiger partial charge in [-0.3, -0.25) is 0 Å². The van der Waals surface area contributed by atoms with Crippen LogP contribution in [0.2, 0.25) is 0 Å². The molecule has 0 bridgehead atoms. The van der Waals surface area contributed by atoms with Gasteiger partial charge in [-0.05, 0) is 43.5 Å². The summed E-state index contributed by atoms with van der Waals surface area (Å²) in [6.07, 6.45) is 2.56. The molecule has 0 aliphatic heterocycles. The van der Waals surface area contributed by atoms with E-state index in [2.05, 4.69) is 42.9 Å². The summed E-state index contributed by atoms with van der Waals surface area (Å²) in [7, 11) is 0. The van der Waals surface area contributed by atoms with Gasteiger partial charge in [0.2, 0.25) is 5.88 Å². The van der Waals surface area contributed by atoms with Crippen LogP contribution in [0.5, 0.6) is 11.6 Å². The normalized spacial score (nSPS) is 10.9. The van der Waals surface area contributed by atoms with E-state index in [4.69, 9.17) is 4.74 Å². The number of fused-ring (bicyclic) bond motifs is 1. The standard InChI is InChI=1S/C16H16N2OS/c1-4-12-6-5-7-13(8-12)19-15-14-10(2)11(3)20-16(14)18-9-17-15/h5-9H,4H2,1-3H3. The molecule has 102 valence electrons. The van der Waals surface area contributed by atoms with Crippen LogP contribution in [0.25, 0.3) is 10.2 Å². The fraction of sp³-hybridized carbons (Fsp3) is 0.250. The van der Waals surface area contributed by atoms with Gasteiger partial charge in [-0.1, -0.05) is 19.1 Å². The van der Waals surface area contributed by atoms with Gasteiger partial charge in [0.05, 0.1) is 5.39 Å². The predicted octanol–water partition coefficient (Wildman–Crippen LogP) is 4.66. The van der Waals surface area contributed by atoms with Gasteiger partial charge in [-0.2, -0.15) is 0 Å². The molecule has 0 aliphatic carbocycles. The third-order valence-corrected chi connectivity index (χ3v) is 4.57. The smallest absolute Gasteiger partial charge is 0.231 e. The van der Waals surface area contributed by atoms with E-state index in [-0.39, 0.29) is 0 Å². The van der Waals surface area contributed by atoms with Crippen LogP contribution in [0.1, 0.15) is 22.9 Å². The number of aromatic nitrogens is 2. The highest BCUT2D eigenvalue weighted by Gasteiger charge is 2.13. The van der Waals surface area contributed by atoms with E-state index in [1.807, 2.05) is 12.1 Å². The van der Waals surface area contributed by atoms with Crippen molar-refractivity contribution in [3.63, 3.8) is 0 Å². The summed E-state index contributed by atoms with van der Waals surface area (Å²) >= 11 is 1.68. The van der Waals surface area contributed by atoms with E-state index in [1.54, 1.807) is 17.7 Å². The molecule has 0 aliphatic rings. The number of aryl methyl sites for hydroxylation is 3. The molecular formula is C16H16N2OS. The van der Waals surface area contributed by atoms with Crippen molar-refractivity contribution in [3.05, 3.63) is 46.6 Å². The molecule has 20 heavy (non-hydrogen) atoms. The number of rotatable bonds is 3. The Hall–Kier alpha value is -1.94. The third-order valence-electron chi connectivity index (χ3n) is 3.45. The van der Waals surface area contributed by atoms with Crippen molar-refractivity contribution in [2.75, 3.05) is 0 Å². The van der Waals surface area contributed by atoms with E-state index in [0.29, 0.717) is 5.88 Å². The Bertz CT molecular complexity index is 764. The van der Waals surface area contributed by atoms with Gasteiger partial charge in [-0.25, -0.2) is 9.97 Å². The minimum Gasteiger partial charge on any atom is -0.438 e. The number of ether oxygens (including phenoxy) is 1. The molecule has 3 aromatic rings. The van der Waals surface area contributed by atoms with Gasteiger partial charge >= 0.3 is 0 Å². The second-order valence-electron chi connectivity index (χ2n) is 4.75. The van der Waals surface area contributed by atoms with Crippen LogP contribution < -0.4 is 4.74 Å². The first-order valence-electron chi connectivity index (χ1n) is 6.66. The zero-order valence-electron chi connectivity index (χ0n) is 11.8. The maximum absolute atomic E-state index is 5.98. The van der Waals surface area contributed by atoms with Gasteiger partial charge in [0.1, 0.15) is 16.9 Å². The molecule has 0 fully saturated rings. The molecule has 0 saturated carbocycles. The lowest BCUT2D eigenvalue weighted by molar-refractivity contribution is 0.467. The fourth-order valence-electron chi connectivity index (χ4n) is 2.17. The van der Waals surface area contributed by atoms with Gasteiger partial charge in [-0.15, -0.1) is 11.3 Å². The number of hydrogen-bond acceptors (Lipinski definition) is 4. The van der Waals surface area contributed by atoms with E-state index in [1.165, 1.54) is 16.0 Å². The van der Waals surface area contributed by atoms with Crippen molar-refractivity contribution in [3.8, 4) is 11.6 Å². The quantitative estimate of drug-likeness (QED) is 0.701. The summed E-state index contributed by atoms with van der Waals surface area (Å²) in [6.45, 7) is 6.32. The number of thiophene rings is 1. The summed E-state index contributed by atoms with van der Waals surface area (Å²) < 4.78 is 5.98. The van der Waals surface area contributed by atoms with E-state index < -0.39 is 0 Å². The highest BCUT2D eigenvalue weighted by atomic mass is 32.1. The van der Waals surface area contributed by atoms with Crippen molar-refractivity contribution in [2.45, 2.75) is 27.2 Å². The Labute approximate surface area is 122 Å². The molecule has 0 spiro atoms. The topological polar surface area (TPSA) is 35.0 Å². The largest absolute Gasteiger partial charge is 0.438 e. The summed E-state index contributed by atoms with van der Waals surface area (Å²) in [5.41, 5.74) is 2.46. The average Bonchev–Trinajstić information content (AvgIpc) is 2.75. The van der Waals surface area contributed by atoms with Crippen LogP contribution in [0.15, 0.2) is 30.6 Å². The van der Waals surface area contributed by atoms with E-state index in [9.17, 15) is 0 Å². The molecule has 0 amide bonds. The predicted molar refractivity (Wildman–Crippen MR) is 82.8 cm³/mol. The van der Waals surface area contributed by atoms with E-state index in [0.717, 1.165) is 22.4 Å². The molecule has 3 rings (SSSR count). The van der Waals surface area contributed by atoms with Crippen LogP contribution in [0.3, 0.4) is 0 Å². The lowest BCUT2D eigenvalue weighted by Gasteiger charge is -2.07. The zero-order chi connectivity index (χ0) is 14.1. The average molecular weight is 284 g/mol. The van der Waals surface area contributed by atoms with Gasteiger partial charge in [0.15, 0.2) is 0 Å². The fourth-order valence-corrected chi connectivity index (χ4v) is 3.16. The van der Waals surface area contributed by atoms with Gasteiger partial charge in [0, 0.05) is 4.88 Å². The van der Waals surface area contributed by atoms with Crippen LogP contribution >= 0.6 is 11.3 Å². The Morgan fingerprint density at radius 2 is 2.05 bits per heavy atom. The zero-order valence-corrected chi connectivity index (χ0v) is 12.6. The second kappa shape index (κ2) is 5.21. The monoisotopic (exact) mass is 284 g/mol. The maximum atomic E-state index is 5.98. The first kappa shape index (κ1) is 13.1. The number of nitrogens with zero attached hydrogens (tertiary/aromatic N) is 2. The lowest BCUT2D eigenvalue weighted by atomic mass is 10.2.